The lowest BCUT2D eigenvalue weighted by Crippen LogP contribution is -2.17. The van der Waals surface area contributed by atoms with Gasteiger partial charge in [0.05, 0.1) is 6.61 Å². The molecule has 1 aliphatic carbocycles. The number of nitrogens with zero attached hydrogens (tertiary/aromatic N) is 1. The standard InChI is InChI=1S/C13H20N2O3S/c1-3-18-11(16)10-8-19-12(15-10)14-9-13(4-5-13)6-7-17-2/h8H,3-7,9H2,1-2H3,(H,14,15). The van der Waals surface area contributed by atoms with Crippen molar-refractivity contribution in [2.45, 2.75) is 26.2 Å². The van der Waals surface area contributed by atoms with Gasteiger partial charge in [0.1, 0.15) is 0 Å². The molecule has 19 heavy (non-hydrogen) atoms. The SMILES string of the molecule is CCOC(=O)c1csc(NCC2(CCOC)CC2)n1. The maximum Gasteiger partial charge on any atom is 0.357 e. The second-order valence-electron chi connectivity index (χ2n) is 4.85. The van der Waals surface area contributed by atoms with Crippen LogP contribution in [-0.2, 0) is 9.47 Å². The van der Waals surface area contributed by atoms with Crippen molar-refractivity contribution in [3.05, 3.63) is 11.1 Å². The van der Waals surface area contributed by atoms with Crippen molar-refractivity contribution in [1.82, 2.24) is 4.98 Å². The van der Waals surface area contributed by atoms with Crippen LogP contribution in [0.1, 0.15) is 36.7 Å². The van der Waals surface area contributed by atoms with E-state index >= 15 is 0 Å². The molecule has 0 aromatic carbocycles. The molecule has 1 N–H and O–H groups in total. The lowest BCUT2D eigenvalue weighted by atomic mass is 10.0. The number of carbonyl (C=O) groups is 1. The van der Waals surface area contributed by atoms with Gasteiger partial charge < -0.3 is 14.8 Å². The van der Waals surface area contributed by atoms with Gasteiger partial charge in [-0.05, 0) is 31.6 Å². The summed E-state index contributed by atoms with van der Waals surface area (Å²) in [5.74, 6) is -0.354. The topological polar surface area (TPSA) is 60.5 Å². The lowest BCUT2D eigenvalue weighted by Gasteiger charge is -2.14. The number of rotatable bonds is 8. The van der Waals surface area contributed by atoms with Gasteiger partial charge in [-0.3, -0.25) is 0 Å². The van der Waals surface area contributed by atoms with Crippen LogP contribution in [0.15, 0.2) is 5.38 Å². The molecule has 0 radical (unpaired) electrons. The van der Waals surface area contributed by atoms with E-state index in [0.29, 0.717) is 17.7 Å². The number of hydrogen-bond donors (Lipinski definition) is 1. The third-order valence-corrected chi connectivity index (χ3v) is 4.20. The van der Waals surface area contributed by atoms with E-state index in [1.165, 1.54) is 24.2 Å². The molecule has 1 saturated carbocycles. The van der Waals surface area contributed by atoms with Crippen LogP contribution >= 0.6 is 11.3 Å². The van der Waals surface area contributed by atoms with Crippen molar-refractivity contribution in [3.63, 3.8) is 0 Å². The van der Waals surface area contributed by atoms with Gasteiger partial charge in [-0.25, -0.2) is 9.78 Å². The first-order valence-corrected chi connectivity index (χ1v) is 7.42. The Kier molecular flexibility index (Phi) is 4.76. The molecule has 0 bridgehead atoms. The van der Waals surface area contributed by atoms with Gasteiger partial charge >= 0.3 is 5.97 Å². The van der Waals surface area contributed by atoms with Gasteiger partial charge in [-0.15, -0.1) is 11.3 Å². The van der Waals surface area contributed by atoms with Crippen LogP contribution in [0.3, 0.4) is 0 Å². The average Bonchev–Trinajstić information content (AvgIpc) is 3.02. The van der Waals surface area contributed by atoms with Crippen LogP contribution in [0.4, 0.5) is 5.13 Å². The number of ether oxygens (including phenoxy) is 2. The quantitative estimate of drug-likeness (QED) is 0.743. The fourth-order valence-corrected chi connectivity index (χ4v) is 2.61. The van der Waals surface area contributed by atoms with Crippen molar-refractivity contribution in [1.29, 1.82) is 0 Å². The molecule has 6 heteroatoms. The Balaban J connectivity index is 1.82. The monoisotopic (exact) mass is 284 g/mol. The summed E-state index contributed by atoms with van der Waals surface area (Å²) in [5.41, 5.74) is 0.752. The molecule has 1 aliphatic rings. The van der Waals surface area contributed by atoms with Crippen molar-refractivity contribution in [3.8, 4) is 0 Å². The highest BCUT2D eigenvalue weighted by atomic mass is 32.1. The molecule has 5 nitrogen and oxygen atoms in total. The van der Waals surface area contributed by atoms with E-state index in [9.17, 15) is 4.79 Å². The van der Waals surface area contributed by atoms with E-state index in [-0.39, 0.29) is 5.97 Å². The second-order valence-corrected chi connectivity index (χ2v) is 5.71. The minimum atomic E-state index is -0.354. The number of nitrogens with one attached hydrogen (secondary N) is 1. The zero-order valence-electron chi connectivity index (χ0n) is 11.4. The Morgan fingerprint density at radius 2 is 2.37 bits per heavy atom. The van der Waals surface area contributed by atoms with E-state index in [1.54, 1.807) is 19.4 Å². The summed E-state index contributed by atoms with van der Waals surface area (Å²) in [4.78, 5) is 15.7. The Bertz CT molecular complexity index is 429. The molecule has 0 spiro atoms. The van der Waals surface area contributed by atoms with Crippen LogP contribution in [-0.4, -0.2) is 37.8 Å². The largest absolute Gasteiger partial charge is 0.461 e. The first-order chi connectivity index (χ1) is 9.19. The van der Waals surface area contributed by atoms with E-state index in [4.69, 9.17) is 9.47 Å². The van der Waals surface area contributed by atoms with Gasteiger partial charge in [-0.2, -0.15) is 0 Å². The average molecular weight is 284 g/mol. The smallest absolute Gasteiger partial charge is 0.357 e. The summed E-state index contributed by atoms with van der Waals surface area (Å²) in [6, 6.07) is 0. The zero-order valence-corrected chi connectivity index (χ0v) is 12.2. The summed E-state index contributed by atoms with van der Waals surface area (Å²) in [6.07, 6.45) is 3.55. The number of anilines is 1. The third-order valence-electron chi connectivity index (χ3n) is 3.40. The first-order valence-electron chi connectivity index (χ1n) is 6.54. The maximum atomic E-state index is 11.5. The van der Waals surface area contributed by atoms with Crippen molar-refractivity contribution in [2.75, 3.05) is 32.2 Å². The zero-order chi connectivity index (χ0) is 13.7. The summed E-state index contributed by atoms with van der Waals surface area (Å²) in [7, 11) is 1.73. The van der Waals surface area contributed by atoms with Gasteiger partial charge in [0.25, 0.3) is 0 Å². The van der Waals surface area contributed by atoms with Crippen LogP contribution in [0.5, 0.6) is 0 Å². The summed E-state index contributed by atoms with van der Waals surface area (Å²) >= 11 is 1.44. The summed E-state index contributed by atoms with van der Waals surface area (Å²) < 4.78 is 10.0. The highest BCUT2D eigenvalue weighted by Crippen LogP contribution is 2.48. The molecule has 2 rings (SSSR count). The Hall–Kier alpha value is -1.14. The maximum absolute atomic E-state index is 11.5. The van der Waals surface area contributed by atoms with Crippen LogP contribution in [0.25, 0.3) is 0 Å². The first kappa shape index (κ1) is 14.3. The molecule has 0 unspecified atom stereocenters. The van der Waals surface area contributed by atoms with Gasteiger partial charge in [-0.1, -0.05) is 0 Å². The fraction of sp³-hybridized carbons (Fsp3) is 0.692. The molecule has 1 aromatic heterocycles. The molecule has 0 atom stereocenters. The molecule has 0 amide bonds. The predicted molar refractivity (Wildman–Crippen MR) is 74.7 cm³/mol. The molecular weight excluding hydrogens is 264 g/mol. The van der Waals surface area contributed by atoms with Crippen molar-refractivity contribution < 1.29 is 14.3 Å². The predicted octanol–water partition coefficient (Wildman–Crippen LogP) is 2.55. The van der Waals surface area contributed by atoms with Crippen LogP contribution in [0, 0.1) is 5.41 Å². The lowest BCUT2D eigenvalue weighted by molar-refractivity contribution is 0.0520. The number of thiazole rings is 1. The van der Waals surface area contributed by atoms with Crippen molar-refractivity contribution in [2.24, 2.45) is 5.41 Å². The highest BCUT2D eigenvalue weighted by Gasteiger charge is 2.41. The Labute approximate surface area is 117 Å². The van der Waals surface area contributed by atoms with E-state index < -0.39 is 0 Å². The Morgan fingerprint density at radius 3 is 3.00 bits per heavy atom. The minimum absolute atomic E-state index is 0.354. The van der Waals surface area contributed by atoms with Gasteiger partial charge in [0, 0.05) is 25.6 Å². The molecule has 1 fully saturated rings. The van der Waals surface area contributed by atoms with Gasteiger partial charge in [0.15, 0.2) is 10.8 Å². The summed E-state index contributed by atoms with van der Waals surface area (Å²) in [5, 5.41) is 5.83. The minimum Gasteiger partial charge on any atom is -0.461 e. The van der Waals surface area contributed by atoms with E-state index in [0.717, 1.165) is 24.7 Å². The summed E-state index contributed by atoms with van der Waals surface area (Å²) in [6.45, 7) is 3.86. The number of carbonyl (C=O) groups excluding carboxylic acids is 1. The molecule has 1 aromatic rings. The molecule has 1 heterocycles. The van der Waals surface area contributed by atoms with Crippen LogP contribution < -0.4 is 5.32 Å². The third kappa shape index (κ3) is 3.91. The van der Waals surface area contributed by atoms with Crippen molar-refractivity contribution >= 4 is 22.4 Å². The number of methoxy groups -OCH3 is 1. The molecule has 0 saturated heterocycles. The highest BCUT2D eigenvalue weighted by molar-refractivity contribution is 7.13. The van der Waals surface area contributed by atoms with E-state index in [1.807, 2.05) is 0 Å². The molecule has 106 valence electrons. The van der Waals surface area contributed by atoms with E-state index in [2.05, 4.69) is 10.3 Å². The normalized spacial score (nSPS) is 16.1. The number of hydrogen-bond acceptors (Lipinski definition) is 6. The molecule has 0 aliphatic heterocycles. The molecular formula is C13H20N2O3S. The van der Waals surface area contributed by atoms with Gasteiger partial charge in [0.2, 0.25) is 0 Å². The number of esters is 1. The van der Waals surface area contributed by atoms with Crippen LogP contribution in [0.2, 0.25) is 0 Å². The second kappa shape index (κ2) is 6.34. The fourth-order valence-electron chi connectivity index (χ4n) is 1.93. The number of aromatic nitrogens is 1. The Morgan fingerprint density at radius 1 is 1.58 bits per heavy atom.